The average Bonchev–Trinajstić information content (AvgIpc) is 2.68. The van der Waals surface area contributed by atoms with Gasteiger partial charge in [-0.1, -0.05) is 37.8 Å². The molecule has 7 heteroatoms. The first-order chi connectivity index (χ1) is 13.0. The molecule has 3 rings (SSSR count). The van der Waals surface area contributed by atoms with Crippen molar-refractivity contribution in [2.24, 2.45) is 0 Å². The van der Waals surface area contributed by atoms with Gasteiger partial charge >= 0.3 is 5.97 Å². The minimum Gasteiger partial charge on any atom is -0.485 e. The Labute approximate surface area is 165 Å². The Kier molecular flexibility index (Phi) is 6.71. The van der Waals surface area contributed by atoms with Crippen LogP contribution in [0.4, 0.5) is 5.69 Å². The lowest BCUT2D eigenvalue weighted by Crippen LogP contribution is -2.37. The lowest BCUT2D eigenvalue weighted by atomic mass is 9.88. The highest BCUT2D eigenvalue weighted by atomic mass is 35.5. The van der Waals surface area contributed by atoms with Crippen molar-refractivity contribution in [3.63, 3.8) is 0 Å². The number of nitrogens with two attached hydrogens (primary N) is 1. The second kappa shape index (κ2) is 9.02. The number of benzene rings is 1. The molecule has 0 bridgehead atoms. The number of nitrogen functional groups attached to an aromatic ring is 1. The summed E-state index contributed by atoms with van der Waals surface area (Å²) in [6, 6.07) is 1.86. The van der Waals surface area contributed by atoms with Crippen LogP contribution in [0.5, 0.6) is 11.5 Å². The number of piperidine rings is 1. The molecule has 1 aromatic rings. The average molecular weight is 397 g/mol. The maximum absolute atomic E-state index is 11.2. The third-order valence-electron chi connectivity index (χ3n) is 5.52. The second-order valence-corrected chi connectivity index (χ2v) is 7.86. The first-order valence-corrected chi connectivity index (χ1v) is 10.3. The molecule has 150 valence electrons. The smallest absolute Gasteiger partial charge is 0.348 e. The van der Waals surface area contributed by atoms with E-state index in [9.17, 15) is 9.90 Å². The predicted molar refractivity (Wildman–Crippen MR) is 106 cm³/mol. The van der Waals surface area contributed by atoms with E-state index in [2.05, 4.69) is 11.8 Å². The van der Waals surface area contributed by atoms with Gasteiger partial charge in [0.25, 0.3) is 0 Å². The number of aliphatic carboxylic acids is 1. The molecule has 0 aromatic heterocycles. The quantitative estimate of drug-likeness (QED) is 0.537. The molecule has 2 aliphatic rings. The van der Waals surface area contributed by atoms with Crippen molar-refractivity contribution in [3.05, 3.63) is 16.7 Å². The minimum absolute atomic E-state index is 0.0212. The summed E-state index contributed by atoms with van der Waals surface area (Å²) in [5, 5.41) is 9.58. The number of carboxylic acids is 1. The Morgan fingerprint density at radius 2 is 2.04 bits per heavy atom. The standard InChI is InChI=1S/C20H29ClN2O4/c1-2-3-4-5-8-23-9-6-13(7-10-23)14-11-15(21)17(22)19-18(14)26-12-16(27-19)20(24)25/h11,13,16H,2-10,12,22H2,1H3,(H,24,25). The number of carbonyl (C=O) groups is 1. The number of likely N-dealkylation sites (tertiary alicyclic amines) is 1. The number of ether oxygens (including phenoxy) is 2. The van der Waals surface area contributed by atoms with Gasteiger partial charge in [-0.15, -0.1) is 0 Å². The molecule has 6 nitrogen and oxygen atoms in total. The lowest BCUT2D eigenvalue weighted by Gasteiger charge is -2.34. The molecule has 1 atom stereocenters. The number of carboxylic acid groups (broad SMARTS) is 1. The van der Waals surface area contributed by atoms with Crippen molar-refractivity contribution in [2.75, 3.05) is 32.0 Å². The van der Waals surface area contributed by atoms with Crippen LogP contribution in [0.1, 0.15) is 56.9 Å². The third kappa shape index (κ3) is 4.61. The van der Waals surface area contributed by atoms with Crippen LogP contribution in [-0.4, -0.2) is 48.3 Å². The van der Waals surface area contributed by atoms with Gasteiger partial charge in [0, 0.05) is 5.56 Å². The molecule has 1 unspecified atom stereocenters. The van der Waals surface area contributed by atoms with Gasteiger partial charge in [-0.05, 0) is 50.9 Å². The SMILES string of the molecule is CCCCCCN1CCC(c2cc(Cl)c(N)c3c2OCC(C(=O)O)O3)CC1. The summed E-state index contributed by atoms with van der Waals surface area (Å²) in [5.74, 6) is 0.0839. The minimum atomic E-state index is -1.07. The van der Waals surface area contributed by atoms with Crippen LogP contribution in [-0.2, 0) is 4.79 Å². The van der Waals surface area contributed by atoms with Crippen LogP contribution in [0.15, 0.2) is 6.07 Å². The third-order valence-corrected chi connectivity index (χ3v) is 5.84. The molecule has 0 amide bonds. The van der Waals surface area contributed by atoms with Crippen LogP contribution >= 0.6 is 11.6 Å². The van der Waals surface area contributed by atoms with Crippen LogP contribution in [0, 0.1) is 0 Å². The molecule has 3 N–H and O–H groups in total. The van der Waals surface area contributed by atoms with E-state index < -0.39 is 12.1 Å². The molecule has 0 aliphatic carbocycles. The van der Waals surface area contributed by atoms with Gasteiger partial charge in [0.2, 0.25) is 6.10 Å². The van der Waals surface area contributed by atoms with Crippen molar-refractivity contribution in [2.45, 2.75) is 57.5 Å². The summed E-state index contributed by atoms with van der Waals surface area (Å²) in [6.07, 6.45) is 6.11. The number of anilines is 1. The number of hydrogen-bond acceptors (Lipinski definition) is 5. The van der Waals surface area contributed by atoms with E-state index in [1.54, 1.807) is 0 Å². The summed E-state index contributed by atoms with van der Waals surface area (Å²) in [5.41, 5.74) is 7.26. The molecule has 1 saturated heterocycles. The molecule has 2 heterocycles. The molecule has 1 aromatic carbocycles. The molecule has 0 spiro atoms. The maximum atomic E-state index is 11.2. The van der Waals surface area contributed by atoms with E-state index in [1.807, 2.05) is 6.07 Å². The number of fused-ring (bicyclic) bond motifs is 1. The fourth-order valence-corrected chi connectivity index (χ4v) is 4.10. The highest BCUT2D eigenvalue weighted by Crippen LogP contribution is 2.48. The Morgan fingerprint density at radius 3 is 2.70 bits per heavy atom. The topological polar surface area (TPSA) is 85.0 Å². The highest BCUT2D eigenvalue weighted by molar-refractivity contribution is 6.33. The Hall–Kier alpha value is -1.66. The molecule has 0 radical (unpaired) electrons. The number of rotatable bonds is 7. The van der Waals surface area contributed by atoms with Gasteiger partial charge in [-0.2, -0.15) is 0 Å². The second-order valence-electron chi connectivity index (χ2n) is 7.45. The maximum Gasteiger partial charge on any atom is 0.348 e. The van der Waals surface area contributed by atoms with Crippen molar-refractivity contribution in [3.8, 4) is 11.5 Å². The summed E-state index contributed by atoms with van der Waals surface area (Å²) in [6.45, 7) is 5.46. The zero-order valence-corrected chi connectivity index (χ0v) is 16.6. The largest absolute Gasteiger partial charge is 0.485 e. The zero-order chi connectivity index (χ0) is 19.4. The van der Waals surface area contributed by atoms with Crippen LogP contribution < -0.4 is 15.2 Å². The first kappa shape index (κ1) is 20.1. The van der Waals surface area contributed by atoms with E-state index in [1.165, 1.54) is 25.7 Å². The predicted octanol–water partition coefficient (Wildman–Crippen LogP) is 3.91. The summed E-state index contributed by atoms with van der Waals surface area (Å²) in [4.78, 5) is 13.7. The van der Waals surface area contributed by atoms with E-state index >= 15 is 0 Å². The highest BCUT2D eigenvalue weighted by Gasteiger charge is 2.34. The number of nitrogens with zero attached hydrogens (tertiary/aromatic N) is 1. The van der Waals surface area contributed by atoms with E-state index in [0.29, 0.717) is 16.7 Å². The molecular weight excluding hydrogens is 368 g/mol. The van der Waals surface area contributed by atoms with Gasteiger partial charge in [0.1, 0.15) is 6.61 Å². The van der Waals surface area contributed by atoms with Crippen molar-refractivity contribution in [1.82, 2.24) is 4.90 Å². The summed E-state index contributed by atoms with van der Waals surface area (Å²) < 4.78 is 11.4. The Morgan fingerprint density at radius 1 is 1.30 bits per heavy atom. The van der Waals surface area contributed by atoms with Crippen LogP contribution in [0.2, 0.25) is 5.02 Å². The number of unbranched alkanes of at least 4 members (excludes halogenated alkanes) is 3. The fourth-order valence-electron chi connectivity index (χ4n) is 3.90. The van der Waals surface area contributed by atoms with Crippen molar-refractivity contribution >= 4 is 23.3 Å². The van der Waals surface area contributed by atoms with E-state index in [-0.39, 0.29) is 18.0 Å². The van der Waals surface area contributed by atoms with Crippen LogP contribution in [0.25, 0.3) is 0 Å². The Bertz CT molecular complexity index is 674. The van der Waals surface area contributed by atoms with Crippen molar-refractivity contribution in [1.29, 1.82) is 0 Å². The molecule has 1 fully saturated rings. The first-order valence-electron chi connectivity index (χ1n) is 9.87. The van der Waals surface area contributed by atoms with Crippen LogP contribution in [0.3, 0.4) is 0 Å². The van der Waals surface area contributed by atoms with Gasteiger partial charge in [0.05, 0.1) is 10.7 Å². The van der Waals surface area contributed by atoms with Gasteiger partial charge in [0.15, 0.2) is 11.5 Å². The number of hydrogen-bond donors (Lipinski definition) is 2. The molecular formula is C20H29ClN2O4. The van der Waals surface area contributed by atoms with E-state index in [0.717, 1.165) is 38.0 Å². The number of halogens is 1. The van der Waals surface area contributed by atoms with Gasteiger partial charge in [-0.25, -0.2) is 4.79 Å². The van der Waals surface area contributed by atoms with Gasteiger partial charge in [-0.3, -0.25) is 0 Å². The Balaban J connectivity index is 1.69. The monoisotopic (exact) mass is 396 g/mol. The molecule has 2 aliphatic heterocycles. The van der Waals surface area contributed by atoms with Crippen molar-refractivity contribution < 1.29 is 19.4 Å². The normalized spacial score (nSPS) is 20.6. The fraction of sp³-hybridized carbons (Fsp3) is 0.650. The van der Waals surface area contributed by atoms with Gasteiger partial charge < -0.3 is 25.2 Å². The molecule has 27 heavy (non-hydrogen) atoms. The lowest BCUT2D eigenvalue weighted by molar-refractivity contribution is -0.147. The summed E-state index contributed by atoms with van der Waals surface area (Å²) >= 11 is 6.31. The van der Waals surface area contributed by atoms with E-state index in [4.69, 9.17) is 26.8 Å². The summed E-state index contributed by atoms with van der Waals surface area (Å²) in [7, 11) is 0. The zero-order valence-electron chi connectivity index (χ0n) is 15.9. The molecule has 0 saturated carbocycles.